The zero-order valence-corrected chi connectivity index (χ0v) is 16.9. The second-order valence-corrected chi connectivity index (χ2v) is 6.41. The summed E-state index contributed by atoms with van der Waals surface area (Å²) in [5, 5.41) is 9.88. The van der Waals surface area contributed by atoms with Crippen molar-refractivity contribution in [3.05, 3.63) is 58.0 Å². The third kappa shape index (κ3) is 11.1. The molecule has 0 radical (unpaired) electrons. The molecule has 0 saturated carbocycles. The SMILES string of the molecule is O=C(Nc1cc[nH]c(=O)c1)c1cc(C(F)(F)F)ccc1OCCC(F)(F)F.OCCC(F)(F)F. The molecule has 2 rings (SSSR count). The lowest BCUT2D eigenvalue weighted by Crippen LogP contribution is -2.18. The number of hydrogen-bond acceptors (Lipinski definition) is 4. The molecule has 6 nitrogen and oxygen atoms in total. The molecule has 190 valence electrons. The number of aromatic nitrogens is 1. The van der Waals surface area contributed by atoms with Gasteiger partial charge in [0.25, 0.3) is 5.91 Å². The largest absolute Gasteiger partial charge is 0.492 e. The summed E-state index contributed by atoms with van der Waals surface area (Å²) in [7, 11) is 0. The molecule has 1 aromatic carbocycles. The van der Waals surface area contributed by atoms with Gasteiger partial charge in [0.2, 0.25) is 5.56 Å². The number of aromatic amines is 1. The number of rotatable bonds is 6. The molecule has 0 spiro atoms. The summed E-state index contributed by atoms with van der Waals surface area (Å²) in [4.78, 5) is 25.8. The number of alkyl halides is 9. The molecule has 0 aliphatic heterocycles. The predicted octanol–water partition coefficient (Wildman–Crippen LogP) is 4.91. The first-order valence-electron chi connectivity index (χ1n) is 9.10. The van der Waals surface area contributed by atoms with E-state index < -0.39 is 72.9 Å². The van der Waals surface area contributed by atoms with Crippen LogP contribution in [0.25, 0.3) is 0 Å². The highest BCUT2D eigenvalue weighted by Gasteiger charge is 2.32. The van der Waals surface area contributed by atoms with Gasteiger partial charge in [-0.05, 0) is 24.3 Å². The second kappa shape index (κ2) is 11.8. The molecule has 15 heteroatoms. The summed E-state index contributed by atoms with van der Waals surface area (Å²) >= 11 is 0. The third-order valence-corrected chi connectivity index (χ3v) is 3.62. The van der Waals surface area contributed by atoms with Crippen molar-refractivity contribution in [3.8, 4) is 5.75 Å². The number of aliphatic hydroxyl groups is 1. The first-order chi connectivity index (χ1) is 15.5. The molecule has 0 saturated heterocycles. The number of hydrogen-bond donors (Lipinski definition) is 3. The average molecular weight is 508 g/mol. The summed E-state index contributed by atoms with van der Waals surface area (Å²) in [5.74, 6) is -1.52. The van der Waals surface area contributed by atoms with E-state index in [1.165, 1.54) is 12.3 Å². The lowest BCUT2D eigenvalue weighted by Gasteiger charge is -2.15. The molecule has 34 heavy (non-hydrogen) atoms. The normalized spacial score (nSPS) is 11.9. The maximum atomic E-state index is 12.9. The van der Waals surface area contributed by atoms with Gasteiger partial charge in [-0.25, -0.2) is 0 Å². The van der Waals surface area contributed by atoms with E-state index in [0.29, 0.717) is 12.1 Å². The Morgan fingerprint density at radius 1 is 0.941 bits per heavy atom. The highest BCUT2D eigenvalue weighted by atomic mass is 19.4. The van der Waals surface area contributed by atoms with Gasteiger partial charge in [0.1, 0.15) is 5.75 Å². The summed E-state index contributed by atoms with van der Waals surface area (Å²) in [6, 6.07) is 4.08. The molecule has 1 aromatic heterocycles. The summed E-state index contributed by atoms with van der Waals surface area (Å²) < 4.78 is 113. The highest BCUT2D eigenvalue weighted by Crippen LogP contribution is 2.33. The first-order valence-corrected chi connectivity index (χ1v) is 9.10. The number of halogens is 9. The van der Waals surface area contributed by atoms with E-state index >= 15 is 0 Å². The molecule has 0 atom stereocenters. The lowest BCUT2D eigenvalue weighted by atomic mass is 10.1. The number of amides is 1. The molecular formula is C19H17F9N2O4. The van der Waals surface area contributed by atoms with Gasteiger partial charge in [-0.15, -0.1) is 0 Å². The van der Waals surface area contributed by atoms with E-state index in [9.17, 15) is 49.1 Å². The molecule has 2 aromatic rings. The topological polar surface area (TPSA) is 91.4 Å². The van der Waals surface area contributed by atoms with Crippen LogP contribution in [-0.2, 0) is 6.18 Å². The molecule has 0 unspecified atom stereocenters. The molecule has 1 heterocycles. The Kier molecular flexibility index (Phi) is 9.96. The number of carbonyl (C=O) groups excluding carboxylic acids is 1. The Balaban J connectivity index is 0.000000718. The van der Waals surface area contributed by atoms with E-state index in [1.807, 2.05) is 0 Å². The third-order valence-electron chi connectivity index (χ3n) is 3.62. The monoisotopic (exact) mass is 508 g/mol. The Labute approximate surface area is 185 Å². The van der Waals surface area contributed by atoms with Gasteiger partial charge in [0.15, 0.2) is 0 Å². The van der Waals surface area contributed by atoms with Crippen LogP contribution in [0.1, 0.15) is 28.8 Å². The maximum absolute atomic E-state index is 12.9. The zero-order valence-electron chi connectivity index (χ0n) is 16.9. The fraction of sp³-hybridized carbons (Fsp3) is 0.368. The molecule has 0 aliphatic rings. The summed E-state index contributed by atoms with van der Waals surface area (Å²) in [6.45, 7) is -1.69. The number of nitrogens with one attached hydrogen (secondary N) is 2. The Bertz CT molecular complexity index is 999. The van der Waals surface area contributed by atoms with Crippen LogP contribution in [0, 0.1) is 0 Å². The zero-order chi connectivity index (χ0) is 26.2. The molecule has 0 aliphatic carbocycles. The standard InChI is InChI=1S/C16H12F6N2O3.C3H5F3O/c17-15(18,19)4-6-27-12-2-1-9(16(20,21)22)7-11(12)14(26)24-10-3-5-23-13(25)8-10;4-3(5,6)1-2-7/h1-3,5,7-8H,4,6H2,(H2,23,24,25,26);7H,1-2H2. The van der Waals surface area contributed by atoms with E-state index in [0.717, 1.165) is 12.1 Å². The fourth-order valence-electron chi connectivity index (χ4n) is 2.13. The molecule has 0 fully saturated rings. The van der Waals surface area contributed by atoms with Crippen LogP contribution in [0.15, 0.2) is 41.3 Å². The smallest absolute Gasteiger partial charge is 0.416 e. The number of H-pyrrole nitrogens is 1. The van der Waals surface area contributed by atoms with Crippen LogP contribution in [0.2, 0.25) is 0 Å². The van der Waals surface area contributed by atoms with E-state index in [2.05, 4.69) is 10.3 Å². The van der Waals surface area contributed by atoms with Crippen LogP contribution in [0.3, 0.4) is 0 Å². The van der Waals surface area contributed by atoms with Crippen molar-refractivity contribution in [1.82, 2.24) is 4.98 Å². The number of pyridine rings is 1. The number of carbonyl (C=O) groups is 1. The summed E-state index contributed by atoms with van der Waals surface area (Å²) in [5.41, 5.74) is -2.38. The predicted molar refractivity (Wildman–Crippen MR) is 100 cm³/mol. The van der Waals surface area contributed by atoms with Gasteiger partial charge < -0.3 is 20.1 Å². The molecule has 1 amide bonds. The van der Waals surface area contributed by atoms with Gasteiger partial charge >= 0.3 is 18.5 Å². The van der Waals surface area contributed by atoms with Crippen molar-refractivity contribution in [2.75, 3.05) is 18.5 Å². The minimum absolute atomic E-state index is 0.0117. The van der Waals surface area contributed by atoms with Crippen LogP contribution < -0.4 is 15.6 Å². The van der Waals surface area contributed by atoms with E-state index in [4.69, 9.17) is 9.84 Å². The minimum atomic E-state index is -4.77. The van der Waals surface area contributed by atoms with Crippen molar-refractivity contribution < 1.29 is 54.2 Å². The highest BCUT2D eigenvalue weighted by molar-refractivity contribution is 6.06. The quantitative estimate of drug-likeness (QED) is 0.484. The van der Waals surface area contributed by atoms with Crippen LogP contribution in [0.4, 0.5) is 45.2 Å². The number of ether oxygens (including phenoxy) is 1. The molecule has 3 N–H and O–H groups in total. The van der Waals surface area contributed by atoms with Crippen LogP contribution in [0.5, 0.6) is 5.75 Å². The van der Waals surface area contributed by atoms with Crippen molar-refractivity contribution >= 4 is 11.6 Å². The van der Waals surface area contributed by atoms with Gasteiger partial charge in [-0.3, -0.25) is 9.59 Å². The van der Waals surface area contributed by atoms with Crippen molar-refractivity contribution in [1.29, 1.82) is 0 Å². The van der Waals surface area contributed by atoms with Gasteiger partial charge in [-0.2, -0.15) is 39.5 Å². The Morgan fingerprint density at radius 3 is 2.03 bits per heavy atom. The minimum Gasteiger partial charge on any atom is -0.492 e. The number of aliphatic hydroxyl groups excluding tert-OH is 1. The molecular weight excluding hydrogens is 491 g/mol. The van der Waals surface area contributed by atoms with Crippen LogP contribution >= 0.6 is 0 Å². The summed E-state index contributed by atoms with van der Waals surface area (Å²) in [6.07, 6.45) is -14.8. The van der Waals surface area contributed by atoms with Crippen molar-refractivity contribution in [3.63, 3.8) is 0 Å². The Morgan fingerprint density at radius 2 is 1.56 bits per heavy atom. The second-order valence-electron chi connectivity index (χ2n) is 6.41. The average Bonchev–Trinajstić information content (AvgIpc) is 2.66. The van der Waals surface area contributed by atoms with Gasteiger partial charge in [0, 0.05) is 18.0 Å². The van der Waals surface area contributed by atoms with Crippen LogP contribution in [-0.4, -0.2) is 41.6 Å². The Hall–Kier alpha value is -3.23. The van der Waals surface area contributed by atoms with E-state index in [1.54, 1.807) is 0 Å². The maximum Gasteiger partial charge on any atom is 0.416 e. The number of anilines is 1. The first kappa shape index (κ1) is 28.8. The molecule has 0 bridgehead atoms. The van der Waals surface area contributed by atoms with Gasteiger partial charge in [-0.1, -0.05) is 0 Å². The lowest BCUT2D eigenvalue weighted by molar-refractivity contribution is -0.141. The van der Waals surface area contributed by atoms with Crippen molar-refractivity contribution in [2.24, 2.45) is 0 Å². The fourth-order valence-corrected chi connectivity index (χ4v) is 2.13. The number of benzene rings is 1. The van der Waals surface area contributed by atoms with Crippen molar-refractivity contribution in [2.45, 2.75) is 31.4 Å². The van der Waals surface area contributed by atoms with E-state index in [-0.39, 0.29) is 5.69 Å². The van der Waals surface area contributed by atoms with Gasteiger partial charge in [0.05, 0.1) is 37.2 Å².